The second-order valence-electron chi connectivity index (χ2n) is 9.36. The molecule has 156 valence electrons. The minimum absolute atomic E-state index is 0.727. The third kappa shape index (κ3) is 6.71. The Morgan fingerprint density at radius 3 is 2.18 bits per heavy atom. The lowest BCUT2D eigenvalue weighted by Crippen LogP contribution is -2.16. The van der Waals surface area contributed by atoms with Crippen LogP contribution in [0.25, 0.3) is 0 Å². The van der Waals surface area contributed by atoms with Crippen molar-refractivity contribution in [3.05, 3.63) is 47.0 Å². The molecule has 0 spiro atoms. The van der Waals surface area contributed by atoms with Crippen LogP contribution < -0.4 is 0 Å². The summed E-state index contributed by atoms with van der Waals surface area (Å²) in [4.78, 5) is 0. The van der Waals surface area contributed by atoms with Gasteiger partial charge in [0.1, 0.15) is 0 Å². The number of hydrogen-bond donors (Lipinski definition) is 0. The molecule has 0 N–H and O–H groups in total. The second kappa shape index (κ2) is 11.1. The summed E-state index contributed by atoms with van der Waals surface area (Å²) in [5, 5.41) is 0. The van der Waals surface area contributed by atoms with Crippen molar-refractivity contribution in [1.82, 2.24) is 0 Å². The van der Waals surface area contributed by atoms with Crippen LogP contribution in [0.3, 0.4) is 0 Å². The van der Waals surface area contributed by atoms with Crippen LogP contribution >= 0.6 is 0 Å². The van der Waals surface area contributed by atoms with Crippen molar-refractivity contribution >= 4 is 0 Å². The quantitative estimate of drug-likeness (QED) is 0.372. The zero-order chi connectivity index (χ0) is 19.8. The second-order valence-corrected chi connectivity index (χ2v) is 9.36. The van der Waals surface area contributed by atoms with E-state index in [0.717, 1.165) is 36.2 Å². The van der Waals surface area contributed by atoms with Crippen molar-refractivity contribution in [3.63, 3.8) is 0 Å². The summed E-state index contributed by atoms with van der Waals surface area (Å²) >= 11 is 0. The van der Waals surface area contributed by atoms with E-state index >= 15 is 0 Å². The maximum Gasteiger partial charge on any atom is 0.159 e. The zero-order valence-corrected chi connectivity index (χ0v) is 17.7. The molecule has 0 radical (unpaired) electrons. The molecule has 0 saturated heterocycles. The topological polar surface area (TPSA) is 0 Å². The van der Waals surface area contributed by atoms with Crippen LogP contribution in [-0.4, -0.2) is 0 Å². The molecule has 1 fully saturated rings. The van der Waals surface area contributed by atoms with E-state index in [-0.39, 0.29) is 0 Å². The Bertz CT molecular complexity index is 625. The predicted molar refractivity (Wildman–Crippen MR) is 114 cm³/mol. The van der Waals surface area contributed by atoms with Gasteiger partial charge in [0, 0.05) is 0 Å². The first kappa shape index (κ1) is 21.5. The van der Waals surface area contributed by atoms with Gasteiger partial charge >= 0.3 is 0 Å². The molecule has 1 unspecified atom stereocenters. The van der Waals surface area contributed by atoms with E-state index in [9.17, 15) is 8.78 Å². The van der Waals surface area contributed by atoms with Crippen LogP contribution in [0.2, 0.25) is 0 Å². The summed E-state index contributed by atoms with van der Waals surface area (Å²) in [7, 11) is 0. The first-order valence-corrected chi connectivity index (χ1v) is 11.8. The number of rotatable bonds is 9. The Balaban J connectivity index is 1.32. The van der Waals surface area contributed by atoms with Crippen molar-refractivity contribution in [2.75, 3.05) is 0 Å². The summed E-state index contributed by atoms with van der Waals surface area (Å²) in [6, 6.07) is 4.30. The number of aryl methyl sites for hydroxylation is 1. The van der Waals surface area contributed by atoms with E-state index in [1.165, 1.54) is 94.8 Å². The third-order valence-corrected chi connectivity index (χ3v) is 7.25. The number of hydrogen-bond acceptors (Lipinski definition) is 0. The van der Waals surface area contributed by atoms with Crippen LogP contribution in [0.4, 0.5) is 8.78 Å². The van der Waals surface area contributed by atoms with Gasteiger partial charge < -0.3 is 0 Å². The van der Waals surface area contributed by atoms with E-state index in [2.05, 4.69) is 13.0 Å². The molecule has 2 aliphatic rings. The maximum absolute atomic E-state index is 13.3. The summed E-state index contributed by atoms with van der Waals surface area (Å²) < 4.78 is 26.3. The molecule has 0 aliphatic heterocycles. The molecule has 2 heteroatoms. The van der Waals surface area contributed by atoms with E-state index < -0.39 is 11.6 Å². The van der Waals surface area contributed by atoms with Gasteiger partial charge in [0.15, 0.2) is 11.6 Å². The molecule has 28 heavy (non-hydrogen) atoms. The zero-order valence-electron chi connectivity index (χ0n) is 17.7. The Kier molecular flexibility index (Phi) is 8.55. The number of allylic oxidation sites excluding steroid dienone is 2. The average Bonchev–Trinajstić information content (AvgIpc) is 2.73. The van der Waals surface area contributed by atoms with Gasteiger partial charge in [-0.15, -0.1) is 0 Å². The summed E-state index contributed by atoms with van der Waals surface area (Å²) in [6.45, 7) is 2.30. The van der Waals surface area contributed by atoms with Gasteiger partial charge in [-0.2, -0.15) is 0 Å². The highest BCUT2D eigenvalue weighted by molar-refractivity contribution is 5.19. The lowest BCUT2D eigenvalue weighted by molar-refractivity contribution is 0.235. The predicted octanol–water partition coefficient (Wildman–Crippen LogP) is 8.40. The fourth-order valence-electron chi connectivity index (χ4n) is 5.21. The third-order valence-electron chi connectivity index (χ3n) is 7.25. The van der Waals surface area contributed by atoms with Crippen molar-refractivity contribution in [2.45, 2.75) is 96.8 Å². The fraction of sp³-hybridized carbons (Fsp3) is 0.692. The summed E-state index contributed by atoms with van der Waals surface area (Å²) in [6.07, 6.45) is 20.9. The molecule has 0 nitrogen and oxygen atoms in total. The minimum Gasteiger partial charge on any atom is -0.204 e. The van der Waals surface area contributed by atoms with Crippen molar-refractivity contribution in [2.24, 2.45) is 17.8 Å². The van der Waals surface area contributed by atoms with Gasteiger partial charge in [0.25, 0.3) is 0 Å². The first-order chi connectivity index (χ1) is 13.6. The molecule has 3 rings (SSSR count). The molecule has 1 atom stereocenters. The van der Waals surface area contributed by atoms with E-state index in [4.69, 9.17) is 0 Å². The molecule has 1 saturated carbocycles. The normalized spacial score (nSPS) is 25.5. The van der Waals surface area contributed by atoms with E-state index in [1.54, 1.807) is 6.07 Å². The van der Waals surface area contributed by atoms with Crippen LogP contribution in [0.5, 0.6) is 0 Å². The molecule has 0 bridgehead atoms. The number of unbranched alkanes of at least 4 members (excludes halogenated alkanes) is 1. The lowest BCUT2D eigenvalue weighted by Gasteiger charge is -2.30. The molecule has 1 aromatic carbocycles. The SMILES string of the molecule is CCCCC1CCC(CCC2CC=C(CCc3ccc(F)c(F)c3)CC2)CC1. The molecule has 2 aliphatic carbocycles. The molecule has 1 aromatic rings. The maximum atomic E-state index is 13.3. The standard InChI is InChI=1S/C26H38F2/c1-2-3-4-20-5-7-21(8-6-20)9-10-22-11-13-23(14-12-22)15-16-24-17-18-25(27)26(28)19-24/h13,17-22H,2-12,14-16H2,1H3. The van der Waals surface area contributed by atoms with Gasteiger partial charge in [-0.3, -0.25) is 0 Å². The molecule has 0 aromatic heterocycles. The van der Waals surface area contributed by atoms with E-state index in [1.807, 2.05) is 0 Å². The van der Waals surface area contributed by atoms with Crippen molar-refractivity contribution in [3.8, 4) is 0 Å². The number of halogens is 2. The molecular formula is C26H38F2. The monoisotopic (exact) mass is 388 g/mol. The summed E-state index contributed by atoms with van der Waals surface area (Å²) in [5.41, 5.74) is 2.41. The Morgan fingerprint density at radius 1 is 0.821 bits per heavy atom. The van der Waals surface area contributed by atoms with Crippen LogP contribution in [0, 0.1) is 29.4 Å². The highest BCUT2D eigenvalue weighted by Crippen LogP contribution is 2.37. The average molecular weight is 389 g/mol. The number of benzene rings is 1. The van der Waals surface area contributed by atoms with Crippen LogP contribution in [0.1, 0.15) is 96.0 Å². The highest BCUT2D eigenvalue weighted by Gasteiger charge is 2.22. The van der Waals surface area contributed by atoms with Gasteiger partial charge in [-0.05, 0) is 74.0 Å². The Morgan fingerprint density at radius 2 is 1.54 bits per heavy atom. The Labute approximate surface area is 170 Å². The fourth-order valence-corrected chi connectivity index (χ4v) is 5.21. The first-order valence-electron chi connectivity index (χ1n) is 11.8. The molecule has 0 heterocycles. The van der Waals surface area contributed by atoms with Crippen LogP contribution in [0.15, 0.2) is 29.8 Å². The van der Waals surface area contributed by atoms with Crippen LogP contribution in [-0.2, 0) is 6.42 Å². The van der Waals surface area contributed by atoms with Gasteiger partial charge in [0.2, 0.25) is 0 Å². The summed E-state index contributed by atoms with van der Waals surface area (Å²) in [5.74, 6) is 1.39. The van der Waals surface area contributed by atoms with Gasteiger partial charge in [0.05, 0.1) is 0 Å². The lowest BCUT2D eigenvalue weighted by atomic mass is 9.76. The highest BCUT2D eigenvalue weighted by atomic mass is 19.2. The molecule has 0 amide bonds. The van der Waals surface area contributed by atoms with Gasteiger partial charge in [-0.25, -0.2) is 8.78 Å². The smallest absolute Gasteiger partial charge is 0.159 e. The van der Waals surface area contributed by atoms with Crippen molar-refractivity contribution < 1.29 is 8.78 Å². The largest absolute Gasteiger partial charge is 0.204 e. The van der Waals surface area contributed by atoms with Crippen molar-refractivity contribution in [1.29, 1.82) is 0 Å². The van der Waals surface area contributed by atoms with Gasteiger partial charge in [-0.1, -0.05) is 76.0 Å². The molecular weight excluding hydrogens is 350 g/mol. The minimum atomic E-state index is -0.752. The Hall–Kier alpha value is -1.18. The van der Waals surface area contributed by atoms with E-state index in [0.29, 0.717) is 0 Å².